The molecule has 4 aromatic rings. The van der Waals surface area contributed by atoms with Gasteiger partial charge < -0.3 is 9.80 Å². The molecule has 186 valence electrons. The van der Waals surface area contributed by atoms with Gasteiger partial charge in [0, 0.05) is 25.5 Å². The van der Waals surface area contributed by atoms with Crippen LogP contribution in [-0.4, -0.2) is 65.3 Å². The Labute approximate surface area is 202 Å². The maximum absolute atomic E-state index is 13.6. The summed E-state index contributed by atoms with van der Waals surface area (Å²) in [7, 11) is 0. The lowest BCUT2D eigenvalue weighted by Gasteiger charge is -2.41. The third-order valence-corrected chi connectivity index (χ3v) is 6.95. The number of aromatic nitrogens is 6. The Morgan fingerprint density at radius 2 is 1.86 bits per heavy atom. The number of pyridine rings is 1. The number of rotatable bonds is 3. The molecule has 2 aliphatic rings. The van der Waals surface area contributed by atoms with Crippen LogP contribution in [0.4, 0.5) is 19.0 Å². The first kappa shape index (κ1) is 22.3. The van der Waals surface area contributed by atoms with Crippen LogP contribution in [0.5, 0.6) is 0 Å². The number of hydrogen-bond acceptors (Lipinski definition) is 6. The molecule has 0 saturated carbocycles. The molecule has 6 heterocycles. The van der Waals surface area contributed by atoms with Crippen molar-refractivity contribution in [3.63, 3.8) is 0 Å². The fraction of sp³-hybridized carbons (Fsp3) is 0.348. The van der Waals surface area contributed by atoms with Gasteiger partial charge >= 0.3 is 6.18 Å². The number of nitrogens with one attached hydrogen (secondary N) is 1. The van der Waals surface area contributed by atoms with E-state index in [0.29, 0.717) is 35.7 Å². The Balaban J connectivity index is 1.24. The highest BCUT2D eigenvalue weighted by Crippen LogP contribution is 2.35. The quantitative estimate of drug-likeness (QED) is 0.465. The number of amides is 1. The van der Waals surface area contributed by atoms with E-state index in [1.807, 2.05) is 9.80 Å². The Morgan fingerprint density at radius 1 is 1.11 bits per heavy atom. The minimum absolute atomic E-state index is 0.0998. The first-order valence-corrected chi connectivity index (χ1v) is 11.4. The number of nitrogens with zero attached hydrogens (tertiary/aromatic N) is 7. The molecule has 13 heteroatoms. The smallest absolute Gasteiger partial charge is 0.352 e. The lowest BCUT2D eigenvalue weighted by Crippen LogP contribution is -2.56. The average Bonchev–Trinajstić information content (AvgIpc) is 3.54. The van der Waals surface area contributed by atoms with Gasteiger partial charge in [0.25, 0.3) is 11.5 Å². The molecular formula is C23H21F3N8O2. The van der Waals surface area contributed by atoms with Crippen molar-refractivity contribution in [2.45, 2.75) is 38.0 Å². The SMILES string of the molecule is Cc1c(C(=O)N2C3CCC2CN(c2ccc(C(F)(F)F)cn2)C3)cnn1-c1nn2cccc2c(=O)[nH]1. The van der Waals surface area contributed by atoms with Crippen molar-refractivity contribution in [1.82, 2.24) is 34.3 Å². The number of halogens is 3. The number of aromatic amines is 1. The third-order valence-electron chi connectivity index (χ3n) is 6.95. The second kappa shape index (κ2) is 7.93. The summed E-state index contributed by atoms with van der Waals surface area (Å²) in [6.07, 6.45) is 1.12. The van der Waals surface area contributed by atoms with Crippen molar-refractivity contribution in [2.24, 2.45) is 0 Å². The molecule has 2 atom stereocenters. The predicted octanol–water partition coefficient (Wildman–Crippen LogP) is 2.42. The lowest BCUT2D eigenvalue weighted by molar-refractivity contribution is -0.137. The fourth-order valence-corrected chi connectivity index (χ4v) is 5.16. The fourth-order valence-electron chi connectivity index (χ4n) is 5.16. The molecule has 0 aromatic carbocycles. The van der Waals surface area contributed by atoms with Crippen molar-refractivity contribution in [1.29, 1.82) is 0 Å². The largest absolute Gasteiger partial charge is 0.417 e. The summed E-state index contributed by atoms with van der Waals surface area (Å²) in [4.78, 5) is 36.4. The number of hydrogen-bond donors (Lipinski definition) is 1. The summed E-state index contributed by atoms with van der Waals surface area (Å²) >= 11 is 0. The maximum Gasteiger partial charge on any atom is 0.417 e. The van der Waals surface area contributed by atoms with Crippen molar-refractivity contribution >= 4 is 17.2 Å². The van der Waals surface area contributed by atoms with Gasteiger partial charge in [-0.1, -0.05) is 0 Å². The van der Waals surface area contributed by atoms with E-state index in [4.69, 9.17) is 0 Å². The number of alkyl halides is 3. The number of piperazine rings is 1. The van der Waals surface area contributed by atoms with Gasteiger partial charge in [0.2, 0.25) is 5.95 Å². The van der Waals surface area contributed by atoms with Crippen LogP contribution in [0.1, 0.15) is 34.5 Å². The standard InChI is InChI=1S/C23H21F3N8O2/c1-13-17(10-28-34(13)22-29-20(35)18-3-2-8-32(18)30-22)21(36)33-15-5-6-16(33)12-31(11-15)19-7-4-14(9-27-19)23(24,25)26/h2-4,7-10,15-16H,5-6,11-12H2,1H3,(H,29,30,35). The molecule has 1 amide bonds. The molecule has 2 aliphatic heterocycles. The van der Waals surface area contributed by atoms with Crippen LogP contribution in [0.15, 0.2) is 47.7 Å². The Kier molecular flexibility index (Phi) is 4.92. The van der Waals surface area contributed by atoms with E-state index < -0.39 is 11.7 Å². The molecule has 0 radical (unpaired) electrons. The summed E-state index contributed by atoms with van der Waals surface area (Å²) in [6, 6.07) is 5.57. The van der Waals surface area contributed by atoms with Crippen molar-refractivity contribution in [3.8, 4) is 5.95 Å². The molecule has 0 aliphatic carbocycles. The van der Waals surface area contributed by atoms with Crippen molar-refractivity contribution in [3.05, 3.63) is 70.0 Å². The number of fused-ring (bicyclic) bond motifs is 3. The van der Waals surface area contributed by atoms with Gasteiger partial charge in [0.1, 0.15) is 11.3 Å². The molecule has 2 saturated heterocycles. The molecular weight excluding hydrogens is 477 g/mol. The first-order chi connectivity index (χ1) is 17.2. The van der Waals surface area contributed by atoms with Crippen LogP contribution in [0.2, 0.25) is 0 Å². The molecule has 6 rings (SSSR count). The molecule has 1 N–H and O–H groups in total. The molecule has 4 aromatic heterocycles. The molecule has 2 unspecified atom stereocenters. The minimum atomic E-state index is -4.44. The van der Waals surface area contributed by atoms with Crippen molar-refractivity contribution < 1.29 is 18.0 Å². The van der Waals surface area contributed by atoms with E-state index in [9.17, 15) is 22.8 Å². The van der Waals surface area contributed by atoms with Crippen LogP contribution < -0.4 is 10.5 Å². The van der Waals surface area contributed by atoms with E-state index in [-0.39, 0.29) is 29.5 Å². The summed E-state index contributed by atoms with van der Waals surface area (Å²) < 4.78 is 41.5. The second-order valence-corrected chi connectivity index (χ2v) is 9.08. The topological polar surface area (TPSA) is 104 Å². The van der Waals surface area contributed by atoms with Gasteiger partial charge in [-0.2, -0.15) is 18.3 Å². The minimum Gasteiger partial charge on any atom is -0.352 e. The number of carbonyl (C=O) groups excluding carboxylic acids is 1. The van der Waals surface area contributed by atoms with E-state index in [0.717, 1.165) is 25.1 Å². The zero-order valence-corrected chi connectivity index (χ0v) is 19.1. The van der Waals surface area contributed by atoms with Gasteiger partial charge in [-0.25, -0.2) is 14.2 Å². The molecule has 10 nitrogen and oxygen atoms in total. The molecule has 36 heavy (non-hydrogen) atoms. The number of H-pyrrole nitrogens is 1. The third kappa shape index (κ3) is 3.53. The average molecular weight is 498 g/mol. The van der Waals surface area contributed by atoms with Gasteiger partial charge in [-0.15, -0.1) is 5.10 Å². The van der Waals surface area contributed by atoms with Gasteiger partial charge in [0.15, 0.2) is 0 Å². The highest BCUT2D eigenvalue weighted by Gasteiger charge is 2.44. The highest BCUT2D eigenvalue weighted by molar-refractivity contribution is 5.96. The number of anilines is 1. The normalized spacial score (nSPS) is 19.9. The number of carbonyl (C=O) groups is 1. The van der Waals surface area contributed by atoms with E-state index in [2.05, 4.69) is 20.2 Å². The highest BCUT2D eigenvalue weighted by atomic mass is 19.4. The Morgan fingerprint density at radius 3 is 2.53 bits per heavy atom. The summed E-state index contributed by atoms with van der Waals surface area (Å²) in [5.74, 6) is 0.489. The summed E-state index contributed by atoms with van der Waals surface area (Å²) in [5.41, 5.74) is 0.238. The van der Waals surface area contributed by atoms with Gasteiger partial charge in [0.05, 0.1) is 35.1 Å². The first-order valence-electron chi connectivity index (χ1n) is 11.4. The van der Waals surface area contributed by atoms with E-state index >= 15 is 0 Å². The molecule has 2 fully saturated rings. The van der Waals surface area contributed by atoms with Crippen LogP contribution in [0, 0.1) is 6.92 Å². The Hall–Kier alpha value is -4.16. The van der Waals surface area contributed by atoms with E-state index in [1.54, 1.807) is 25.3 Å². The van der Waals surface area contributed by atoms with Crippen LogP contribution >= 0.6 is 0 Å². The van der Waals surface area contributed by atoms with Crippen molar-refractivity contribution in [2.75, 3.05) is 18.0 Å². The zero-order valence-electron chi connectivity index (χ0n) is 19.1. The zero-order chi connectivity index (χ0) is 25.2. The lowest BCUT2D eigenvalue weighted by atomic mass is 10.1. The Bertz CT molecular complexity index is 1510. The van der Waals surface area contributed by atoms with Gasteiger partial charge in [-0.05, 0) is 44.0 Å². The molecule has 2 bridgehead atoms. The summed E-state index contributed by atoms with van der Waals surface area (Å²) in [6.45, 7) is 2.70. The predicted molar refractivity (Wildman–Crippen MR) is 122 cm³/mol. The second-order valence-electron chi connectivity index (χ2n) is 9.08. The monoisotopic (exact) mass is 498 g/mol. The maximum atomic E-state index is 13.6. The van der Waals surface area contributed by atoms with Crippen LogP contribution in [-0.2, 0) is 6.18 Å². The van der Waals surface area contributed by atoms with Crippen LogP contribution in [0.3, 0.4) is 0 Å². The van der Waals surface area contributed by atoms with Crippen LogP contribution in [0.25, 0.3) is 11.5 Å². The molecule has 0 spiro atoms. The van der Waals surface area contributed by atoms with E-state index in [1.165, 1.54) is 21.5 Å². The van der Waals surface area contributed by atoms with Gasteiger partial charge in [-0.3, -0.25) is 14.6 Å². The summed E-state index contributed by atoms with van der Waals surface area (Å²) in [5, 5.41) is 8.68.